The smallest absolute Gasteiger partial charge is 0.306 e. The Morgan fingerprint density at radius 1 is 1.03 bits per heavy atom. The van der Waals surface area contributed by atoms with Gasteiger partial charge in [0.05, 0.1) is 0 Å². The van der Waals surface area contributed by atoms with Gasteiger partial charge in [0.2, 0.25) is 17.6 Å². The van der Waals surface area contributed by atoms with Crippen molar-refractivity contribution in [2.75, 3.05) is 0 Å². The maximum absolute atomic E-state index is 12.2. The molecule has 0 fully saturated rings. The molecule has 4 aromatic rings. The Morgan fingerprint density at radius 2 is 1.81 bits per heavy atom. The molecule has 158 valence electrons. The van der Waals surface area contributed by atoms with Crippen LogP contribution in [-0.4, -0.2) is 26.3 Å². The van der Waals surface area contributed by atoms with Crippen molar-refractivity contribution in [1.29, 1.82) is 0 Å². The number of benzene rings is 2. The van der Waals surface area contributed by atoms with E-state index in [1.165, 1.54) is 0 Å². The largest absolute Gasteiger partial charge is 0.453 e. The van der Waals surface area contributed by atoms with E-state index >= 15 is 0 Å². The highest BCUT2D eigenvalue weighted by molar-refractivity contribution is 5.69. The SMILES string of the molecule is Cc1ccc(-c2nnc(C(C)OC(=O)CCCc3nc(-c4ccccc4)no3)o2)cc1. The van der Waals surface area contributed by atoms with Gasteiger partial charge in [0, 0.05) is 24.0 Å². The van der Waals surface area contributed by atoms with Gasteiger partial charge in [-0.15, -0.1) is 10.2 Å². The lowest BCUT2D eigenvalue weighted by Gasteiger charge is -2.08. The van der Waals surface area contributed by atoms with E-state index in [4.69, 9.17) is 13.7 Å². The van der Waals surface area contributed by atoms with Crippen molar-refractivity contribution in [1.82, 2.24) is 20.3 Å². The van der Waals surface area contributed by atoms with E-state index in [1.54, 1.807) is 6.92 Å². The van der Waals surface area contributed by atoms with Crippen LogP contribution in [0.5, 0.6) is 0 Å². The number of carbonyl (C=O) groups excluding carboxylic acids is 1. The number of esters is 1. The molecule has 31 heavy (non-hydrogen) atoms. The summed E-state index contributed by atoms with van der Waals surface area (Å²) >= 11 is 0. The fourth-order valence-electron chi connectivity index (χ4n) is 2.96. The minimum atomic E-state index is -0.632. The number of carbonyl (C=O) groups is 1. The quantitative estimate of drug-likeness (QED) is 0.379. The molecule has 1 atom stereocenters. The Hall–Kier alpha value is -3.81. The van der Waals surface area contributed by atoms with Crippen molar-refractivity contribution in [3.8, 4) is 22.8 Å². The zero-order valence-corrected chi connectivity index (χ0v) is 17.3. The van der Waals surface area contributed by atoms with Crippen molar-refractivity contribution in [3.05, 3.63) is 71.9 Å². The predicted molar refractivity (Wildman–Crippen MR) is 112 cm³/mol. The highest BCUT2D eigenvalue weighted by atomic mass is 16.6. The van der Waals surface area contributed by atoms with E-state index in [9.17, 15) is 4.79 Å². The van der Waals surface area contributed by atoms with Gasteiger partial charge >= 0.3 is 5.97 Å². The molecule has 8 heteroatoms. The Labute approximate surface area is 179 Å². The second-order valence-corrected chi connectivity index (χ2v) is 7.17. The molecule has 0 saturated heterocycles. The Morgan fingerprint density at radius 3 is 2.58 bits per heavy atom. The van der Waals surface area contributed by atoms with Crippen LogP contribution in [0.3, 0.4) is 0 Å². The zero-order chi connectivity index (χ0) is 21.6. The lowest BCUT2D eigenvalue weighted by molar-refractivity contribution is -0.149. The molecule has 0 radical (unpaired) electrons. The van der Waals surface area contributed by atoms with E-state index < -0.39 is 6.10 Å². The number of ether oxygens (including phenoxy) is 1. The van der Waals surface area contributed by atoms with Crippen molar-refractivity contribution in [3.63, 3.8) is 0 Å². The maximum atomic E-state index is 12.2. The molecule has 0 N–H and O–H groups in total. The minimum absolute atomic E-state index is 0.215. The molecule has 0 spiro atoms. The van der Waals surface area contributed by atoms with Crippen LogP contribution >= 0.6 is 0 Å². The first-order chi connectivity index (χ1) is 15.1. The number of hydrogen-bond donors (Lipinski definition) is 0. The van der Waals surface area contributed by atoms with Gasteiger partial charge in [-0.05, 0) is 32.4 Å². The number of aryl methyl sites for hydroxylation is 2. The third kappa shape index (κ3) is 5.22. The third-order valence-corrected chi connectivity index (χ3v) is 4.67. The van der Waals surface area contributed by atoms with Gasteiger partial charge in [-0.3, -0.25) is 4.79 Å². The van der Waals surface area contributed by atoms with Gasteiger partial charge in [-0.2, -0.15) is 4.98 Å². The Bertz CT molecular complexity index is 1140. The van der Waals surface area contributed by atoms with Gasteiger partial charge in [-0.25, -0.2) is 0 Å². The summed E-state index contributed by atoms with van der Waals surface area (Å²) < 4.78 is 16.3. The van der Waals surface area contributed by atoms with Gasteiger partial charge in [0.1, 0.15) is 0 Å². The molecule has 0 aliphatic carbocycles. The van der Waals surface area contributed by atoms with Gasteiger partial charge < -0.3 is 13.7 Å². The van der Waals surface area contributed by atoms with Gasteiger partial charge in [0.15, 0.2) is 6.10 Å². The molecule has 2 heterocycles. The first-order valence-corrected chi connectivity index (χ1v) is 10.1. The molecule has 0 aliphatic rings. The van der Waals surface area contributed by atoms with Gasteiger partial charge in [-0.1, -0.05) is 53.2 Å². The molecule has 0 saturated carbocycles. The van der Waals surface area contributed by atoms with Crippen molar-refractivity contribution < 1.29 is 18.5 Å². The fraction of sp³-hybridized carbons (Fsp3) is 0.261. The van der Waals surface area contributed by atoms with Crippen LogP contribution in [0.2, 0.25) is 0 Å². The monoisotopic (exact) mass is 418 g/mol. The second kappa shape index (κ2) is 9.34. The topological polar surface area (TPSA) is 104 Å². The first kappa shape index (κ1) is 20.5. The van der Waals surface area contributed by atoms with Crippen molar-refractivity contribution in [2.45, 2.75) is 39.2 Å². The number of hydrogen-bond acceptors (Lipinski definition) is 8. The summed E-state index contributed by atoms with van der Waals surface area (Å²) in [5.74, 6) is 1.31. The van der Waals surface area contributed by atoms with Crippen LogP contribution in [0.1, 0.15) is 43.2 Å². The minimum Gasteiger partial charge on any atom is -0.453 e. The fourth-order valence-corrected chi connectivity index (χ4v) is 2.96. The molecule has 2 aromatic heterocycles. The van der Waals surface area contributed by atoms with E-state index in [0.29, 0.717) is 30.4 Å². The van der Waals surface area contributed by atoms with Crippen molar-refractivity contribution in [2.24, 2.45) is 0 Å². The summed E-state index contributed by atoms with van der Waals surface area (Å²) in [4.78, 5) is 16.5. The summed E-state index contributed by atoms with van der Waals surface area (Å²) in [5.41, 5.74) is 2.84. The molecule has 0 bridgehead atoms. The molecule has 0 aliphatic heterocycles. The standard InChI is InChI=1S/C23H22N4O4/c1-15-11-13-18(14-12-15)23-26-25-22(30-23)16(2)29-20(28)10-6-9-19-24-21(27-31-19)17-7-4-3-5-8-17/h3-5,7-8,11-14,16H,6,9-10H2,1-2H3. The van der Waals surface area contributed by atoms with Crippen LogP contribution in [0, 0.1) is 6.92 Å². The molecule has 1 unspecified atom stereocenters. The molecule has 8 nitrogen and oxygen atoms in total. The summed E-state index contributed by atoms with van der Waals surface area (Å²) in [6.45, 7) is 3.71. The first-order valence-electron chi connectivity index (χ1n) is 10.1. The molecule has 0 amide bonds. The number of aromatic nitrogens is 4. The highest BCUT2D eigenvalue weighted by Crippen LogP contribution is 2.23. The maximum Gasteiger partial charge on any atom is 0.306 e. The van der Waals surface area contributed by atoms with Crippen LogP contribution in [0.4, 0.5) is 0 Å². The van der Waals surface area contributed by atoms with Crippen molar-refractivity contribution >= 4 is 5.97 Å². The van der Waals surface area contributed by atoms with E-state index in [1.807, 2.05) is 61.5 Å². The summed E-state index contributed by atoms with van der Waals surface area (Å²) in [7, 11) is 0. The summed E-state index contributed by atoms with van der Waals surface area (Å²) in [5, 5.41) is 12.0. The number of nitrogens with zero attached hydrogens (tertiary/aromatic N) is 4. The van der Waals surface area contributed by atoms with Crippen LogP contribution in [0.25, 0.3) is 22.8 Å². The van der Waals surface area contributed by atoms with Crippen LogP contribution < -0.4 is 0 Å². The lowest BCUT2D eigenvalue weighted by atomic mass is 10.1. The third-order valence-electron chi connectivity index (χ3n) is 4.67. The Balaban J connectivity index is 1.25. The van der Waals surface area contributed by atoms with E-state index in [0.717, 1.165) is 16.7 Å². The van der Waals surface area contributed by atoms with Crippen LogP contribution in [0.15, 0.2) is 63.5 Å². The highest BCUT2D eigenvalue weighted by Gasteiger charge is 2.19. The van der Waals surface area contributed by atoms with Crippen LogP contribution in [-0.2, 0) is 16.0 Å². The molecular weight excluding hydrogens is 396 g/mol. The van der Waals surface area contributed by atoms with E-state index in [-0.39, 0.29) is 18.3 Å². The predicted octanol–water partition coefficient (Wildman–Crippen LogP) is 4.72. The molecular formula is C23H22N4O4. The average Bonchev–Trinajstić information content (AvgIpc) is 3.45. The normalized spacial score (nSPS) is 11.9. The summed E-state index contributed by atoms with van der Waals surface area (Å²) in [6, 6.07) is 17.3. The average molecular weight is 418 g/mol. The zero-order valence-electron chi connectivity index (χ0n) is 17.3. The van der Waals surface area contributed by atoms with Gasteiger partial charge in [0.25, 0.3) is 5.89 Å². The lowest BCUT2D eigenvalue weighted by Crippen LogP contribution is -2.09. The molecule has 4 rings (SSSR count). The Kier molecular flexibility index (Phi) is 6.16. The summed E-state index contributed by atoms with van der Waals surface area (Å²) in [6.07, 6.45) is 0.598. The second-order valence-electron chi connectivity index (χ2n) is 7.17. The number of rotatable bonds is 8. The van der Waals surface area contributed by atoms with E-state index in [2.05, 4.69) is 20.3 Å². The molecule has 2 aromatic carbocycles.